The maximum atomic E-state index is 2.31. The summed E-state index contributed by atoms with van der Waals surface area (Å²) in [5.74, 6) is 0. The Hall–Kier alpha value is -1.95. The molecule has 0 aromatic heterocycles. The van der Waals surface area contributed by atoms with Crippen molar-refractivity contribution in [2.75, 3.05) is 14.1 Å². The number of rotatable bonds is 5. The van der Waals surface area contributed by atoms with E-state index in [0.717, 1.165) is 0 Å². The largest absolute Gasteiger partial charge is 0.303 e. The first-order valence-corrected chi connectivity index (χ1v) is 9.68. The van der Waals surface area contributed by atoms with Crippen LogP contribution >= 0.6 is 7.92 Å². The van der Waals surface area contributed by atoms with Crippen molar-refractivity contribution in [1.29, 1.82) is 0 Å². The average molecular weight is 333 g/mol. The molecule has 3 rings (SSSR count). The van der Waals surface area contributed by atoms with E-state index in [0.29, 0.717) is 6.04 Å². The van der Waals surface area contributed by atoms with Gasteiger partial charge in [-0.15, -0.1) is 0 Å². The third kappa shape index (κ3) is 3.59. The van der Waals surface area contributed by atoms with Gasteiger partial charge in [0.15, 0.2) is 0 Å². The van der Waals surface area contributed by atoms with E-state index in [1.165, 1.54) is 21.5 Å². The molecule has 0 bridgehead atoms. The third-order valence-electron chi connectivity index (χ3n) is 4.43. The zero-order chi connectivity index (χ0) is 16.9. The van der Waals surface area contributed by atoms with Crippen LogP contribution in [0, 0.1) is 0 Å². The Bertz CT molecular complexity index is 729. The molecular weight excluding hydrogens is 309 g/mol. The summed E-state index contributed by atoms with van der Waals surface area (Å²) in [5, 5.41) is 4.25. The van der Waals surface area contributed by atoms with Crippen molar-refractivity contribution in [2.45, 2.75) is 13.0 Å². The fraction of sp³-hybridized carbons (Fsp3) is 0.182. The van der Waals surface area contributed by atoms with Crippen molar-refractivity contribution in [3.05, 3.63) is 90.5 Å². The van der Waals surface area contributed by atoms with E-state index in [1.807, 2.05) is 0 Å². The van der Waals surface area contributed by atoms with Crippen LogP contribution in [0.4, 0.5) is 0 Å². The molecule has 0 N–H and O–H groups in total. The van der Waals surface area contributed by atoms with Crippen molar-refractivity contribution in [3.8, 4) is 0 Å². The molecule has 0 fully saturated rings. The Labute approximate surface area is 146 Å². The second kappa shape index (κ2) is 7.75. The molecule has 0 amide bonds. The van der Waals surface area contributed by atoms with Gasteiger partial charge in [0, 0.05) is 6.04 Å². The Balaban J connectivity index is 2.18. The summed E-state index contributed by atoms with van der Waals surface area (Å²) in [6.07, 6.45) is 0. The first kappa shape index (κ1) is 16.9. The van der Waals surface area contributed by atoms with Crippen molar-refractivity contribution >= 4 is 23.8 Å². The van der Waals surface area contributed by atoms with Crippen LogP contribution in [-0.4, -0.2) is 19.0 Å². The van der Waals surface area contributed by atoms with Gasteiger partial charge in [-0.25, -0.2) is 0 Å². The summed E-state index contributed by atoms with van der Waals surface area (Å²) in [6, 6.07) is 31.1. The van der Waals surface area contributed by atoms with Crippen LogP contribution in [0.5, 0.6) is 0 Å². The molecule has 2 heteroatoms. The van der Waals surface area contributed by atoms with Crippen molar-refractivity contribution < 1.29 is 0 Å². The van der Waals surface area contributed by atoms with E-state index in [9.17, 15) is 0 Å². The van der Waals surface area contributed by atoms with Crippen molar-refractivity contribution in [1.82, 2.24) is 4.90 Å². The lowest BCUT2D eigenvalue weighted by Gasteiger charge is -2.27. The molecule has 0 saturated heterocycles. The van der Waals surface area contributed by atoms with E-state index >= 15 is 0 Å². The number of benzene rings is 3. The van der Waals surface area contributed by atoms with Gasteiger partial charge in [-0.1, -0.05) is 84.9 Å². The van der Waals surface area contributed by atoms with E-state index in [1.54, 1.807) is 0 Å². The minimum Gasteiger partial charge on any atom is -0.303 e. The van der Waals surface area contributed by atoms with Gasteiger partial charge in [-0.3, -0.25) is 0 Å². The van der Waals surface area contributed by atoms with E-state index < -0.39 is 7.92 Å². The number of hydrogen-bond donors (Lipinski definition) is 0. The van der Waals surface area contributed by atoms with Crippen LogP contribution in [0.3, 0.4) is 0 Å². The summed E-state index contributed by atoms with van der Waals surface area (Å²) in [6.45, 7) is 2.28. The maximum absolute atomic E-state index is 2.31. The van der Waals surface area contributed by atoms with Crippen LogP contribution in [0.2, 0.25) is 0 Å². The highest BCUT2D eigenvalue weighted by atomic mass is 31.1. The van der Waals surface area contributed by atoms with Crippen LogP contribution in [0.15, 0.2) is 84.9 Å². The highest BCUT2D eigenvalue weighted by Crippen LogP contribution is 2.36. The smallest absolute Gasteiger partial charge is 0.0320 e. The van der Waals surface area contributed by atoms with Crippen LogP contribution in [0.1, 0.15) is 18.5 Å². The highest BCUT2D eigenvalue weighted by molar-refractivity contribution is 7.79. The summed E-state index contributed by atoms with van der Waals surface area (Å²) >= 11 is 0. The lowest BCUT2D eigenvalue weighted by molar-refractivity contribution is 0.322. The SMILES string of the molecule is CC(c1ccccc1P(c1ccccc1)c1ccccc1)N(C)C. The molecule has 1 nitrogen and oxygen atoms in total. The zero-order valence-corrected chi connectivity index (χ0v) is 15.4. The van der Waals surface area contributed by atoms with Crippen LogP contribution in [0.25, 0.3) is 0 Å². The third-order valence-corrected chi connectivity index (χ3v) is 6.95. The topological polar surface area (TPSA) is 3.24 Å². The molecule has 0 radical (unpaired) electrons. The Morgan fingerprint density at radius 1 is 0.667 bits per heavy atom. The predicted molar refractivity (Wildman–Crippen MR) is 107 cm³/mol. The molecule has 3 aromatic carbocycles. The lowest BCUT2D eigenvalue weighted by Crippen LogP contribution is -2.27. The highest BCUT2D eigenvalue weighted by Gasteiger charge is 2.21. The predicted octanol–water partition coefficient (Wildman–Crippen LogP) is 4.07. The molecule has 0 aliphatic heterocycles. The Morgan fingerprint density at radius 3 is 1.62 bits per heavy atom. The summed E-state index contributed by atoms with van der Waals surface area (Å²) in [7, 11) is 3.74. The Kier molecular flexibility index (Phi) is 5.45. The second-order valence-corrected chi connectivity index (χ2v) is 8.39. The standard InChI is InChI=1S/C22H24NP/c1-18(23(2)3)21-16-10-11-17-22(21)24(19-12-6-4-7-13-19)20-14-8-5-9-15-20/h4-18H,1-3H3. The summed E-state index contributed by atoms with van der Waals surface area (Å²) in [5.41, 5.74) is 1.42. The molecular formula is C22H24NP. The molecule has 1 unspecified atom stereocenters. The molecule has 1 atom stereocenters. The summed E-state index contributed by atoms with van der Waals surface area (Å²) in [4.78, 5) is 2.28. The van der Waals surface area contributed by atoms with Crippen molar-refractivity contribution in [3.63, 3.8) is 0 Å². The first-order valence-electron chi connectivity index (χ1n) is 8.34. The lowest BCUT2D eigenvalue weighted by atomic mass is 10.1. The second-order valence-electron chi connectivity index (χ2n) is 6.20. The van der Waals surface area contributed by atoms with Gasteiger partial charge in [0.1, 0.15) is 0 Å². The van der Waals surface area contributed by atoms with Crippen LogP contribution in [-0.2, 0) is 0 Å². The van der Waals surface area contributed by atoms with E-state index in [4.69, 9.17) is 0 Å². The maximum Gasteiger partial charge on any atom is 0.0320 e. The Morgan fingerprint density at radius 2 is 1.12 bits per heavy atom. The van der Waals surface area contributed by atoms with Gasteiger partial charge >= 0.3 is 0 Å². The van der Waals surface area contributed by atoms with Gasteiger partial charge in [-0.05, 0) is 50.4 Å². The van der Waals surface area contributed by atoms with Gasteiger partial charge < -0.3 is 4.90 Å². The van der Waals surface area contributed by atoms with Gasteiger partial charge in [0.25, 0.3) is 0 Å². The molecule has 122 valence electrons. The minimum atomic E-state index is -0.551. The minimum absolute atomic E-state index is 0.388. The van der Waals surface area contributed by atoms with Gasteiger partial charge in [0.05, 0.1) is 0 Å². The quantitative estimate of drug-likeness (QED) is 0.636. The fourth-order valence-electron chi connectivity index (χ4n) is 2.90. The van der Waals surface area contributed by atoms with E-state index in [-0.39, 0.29) is 0 Å². The van der Waals surface area contributed by atoms with E-state index in [2.05, 4.69) is 111 Å². The molecule has 0 spiro atoms. The summed E-state index contributed by atoms with van der Waals surface area (Å²) < 4.78 is 0. The molecule has 0 saturated carbocycles. The number of nitrogens with zero attached hydrogens (tertiary/aromatic N) is 1. The molecule has 0 heterocycles. The molecule has 24 heavy (non-hydrogen) atoms. The monoisotopic (exact) mass is 333 g/mol. The normalized spacial score (nSPS) is 12.5. The first-order chi connectivity index (χ1) is 11.7. The molecule has 3 aromatic rings. The average Bonchev–Trinajstić information content (AvgIpc) is 2.63. The fourth-order valence-corrected chi connectivity index (χ4v) is 5.45. The molecule has 0 aliphatic rings. The molecule has 0 aliphatic carbocycles. The van der Waals surface area contributed by atoms with Crippen LogP contribution < -0.4 is 15.9 Å². The van der Waals surface area contributed by atoms with Gasteiger partial charge in [-0.2, -0.15) is 0 Å². The zero-order valence-electron chi connectivity index (χ0n) is 14.6. The van der Waals surface area contributed by atoms with Gasteiger partial charge in [0.2, 0.25) is 0 Å². The number of hydrogen-bond acceptors (Lipinski definition) is 1. The van der Waals surface area contributed by atoms with Crippen molar-refractivity contribution in [2.24, 2.45) is 0 Å².